The minimum Gasteiger partial charge on any atom is -0.422 e. The number of benzene rings is 2. The van der Waals surface area contributed by atoms with Crippen molar-refractivity contribution in [3.8, 4) is 0 Å². The summed E-state index contributed by atoms with van der Waals surface area (Å²) in [7, 11) is 3.78. The van der Waals surface area contributed by atoms with Gasteiger partial charge in [0.1, 0.15) is 0 Å². The van der Waals surface area contributed by atoms with E-state index in [1.807, 2.05) is 71.8 Å². The Morgan fingerprint density at radius 1 is 0.682 bits per heavy atom. The molecule has 6 nitrogen and oxygen atoms in total. The lowest BCUT2D eigenvalue weighted by atomic mass is 10.3. The molecule has 0 unspecified atom stereocenters. The summed E-state index contributed by atoms with van der Waals surface area (Å²) in [6.45, 7) is 0. The molecular weight excluding hydrogens is 280 g/mol. The number of aromatic nitrogens is 2. The fourth-order valence-electron chi connectivity index (χ4n) is 2.44. The molecule has 0 aliphatic heterocycles. The summed E-state index contributed by atoms with van der Waals surface area (Å²) in [5.74, 6) is 0. The third kappa shape index (κ3) is 1.88. The van der Waals surface area contributed by atoms with Crippen LogP contribution in [0.15, 0.2) is 67.6 Å². The molecule has 22 heavy (non-hydrogen) atoms. The summed E-state index contributed by atoms with van der Waals surface area (Å²) in [6.07, 6.45) is 0. The van der Waals surface area contributed by atoms with E-state index in [2.05, 4.69) is 10.2 Å². The molecule has 2 heterocycles. The lowest BCUT2D eigenvalue weighted by Crippen LogP contribution is -2.15. The van der Waals surface area contributed by atoms with E-state index in [9.17, 15) is 0 Å². The number of hydrogen-bond acceptors (Lipinski definition) is 4. The van der Waals surface area contributed by atoms with Crippen LogP contribution in [0, 0.1) is 0 Å². The van der Waals surface area contributed by atoms with Crippen molar-refractivity contribution in [3.63, 3.8) is 0 Å². The predicted molar refractivity (Wildman–Crippen MR) is 81.5 cm³/mol. The van der Waals surface area contributed by atoms with Crippen molar-refractivity contribution in [1.29, 1.82) is 0 Å². The zero-order valence-electron chi connectivity index (χ0n) is 12.2. The first-order chi connectivity index (χ1) is 10.7. The van der Waals surface area contributed by atoms with Crippen molar-refractivity contribution >= 4 is 22.2 Å². The van der Waals surface area contributed by atoms with Gasteiger partial charge >= 0.3 is 11.4 Å². The Kier molecular flexibility index (Phi) is 2.75. The molecular formula is C16H14N4O2. The molecule has 0 aliphatic rings. The summed E-state index contributed by atoms with van der Waals surface area (Å²) >= 11 is 0. The van der Waals surface area contributed by atoms with Crippen molar-refractivity contribution in [3.05, 3.63) is 59.9 Å². The monoisotopic (exact) mass is 294 g/mol. The lowest BCUT2D eigenvalue weighted by Gasteiger charge is -1.90. The highest BCUT2D eigenvalue weighted by atomic mass is 16.4. The smallest absolute Gasteiger partial charge is 0.321 e. The summed E-state index contributed by atoms with van der Waals surface area (Å²) in [5.41, 5.74) is 4.31. The van der Waals surface area contributed by atoms with Gasteiger partial charge in [-0.25, -0.2) is 0 Å². The molecule has 110 valence electrons. The van der Waals surface area contributed by atoms with E-state index in [0.29, 0.717) is 11.4 Å². The van der Waals surface area contributed by atoms with Crippen LogP contribution in [0.5, 0.6) is 0 Å². The van der Waals surface area contributed by atoms with Crippen molar-refractivity contribution in [1.82, 2.24) is 9.13 Å². The molecule has 0 bridgehead atoms. The van der Waals surface area contributed by atoms with E-state index >= 15 is 0 Å². The van der Waals surface area contributed by atoms with Crippen LogP contribution in [0.4, 0.5) is 0 Å². The van der Waals surface area contributed by atoms with Crippen LogP contribution < -0.4 is 11.4 Å². The first kappa shape index (κ1) is 12.7. The largest absolute Gasteiger partial charge is 0.422 e. The van der Waals surface area contributed by atoms with Crippen molar-refractivity contribution < 1.29 is 8.83 Å². The molecule has 2 aromatic heterocycles. The highest BCUT2D eigenvalue weighted by Gasteiger charge is 2.04. The standard InChI is InChI=1S/C16H14N4O2/c1-19-11-7-3-5-9-13(11)21-15(19)17-18-16-20(2)12-8-4-6-10-14(12)22-16/h3-10H,1-2H3/b17-15+,18-16+. The van der Waals surface area contributed by atoms with Gasteiger partial charge in [-0.05, 0) is 24.3 Å². The van der Waals surface area contributed by atoms with Gasteiger partial charge in [0.15, 0.2) is 11.2 Å². The topological polar surface area (TPSA) is 60.9 Å². The Labute approximate surface area is 125 Å². The zero-order valence-corrected chi connectivity index (χ0v) is 12.2. The second kappa shape index (κ2) is 4.77. The number of para-hydroxylation sites is 4. The number of fused-ring (bicyclic) bond motifs is 2. The molecule has 0 N–H and O–H groups in total. The Balaban J connectivity index is 1.94. The van der Waals surface area contributed by atoms with Gasteiger partial charge < -0.3 is 8.83 Å². The zero-order chi connectivity index (χ0) is 15.1. The SMILES string of the molecule is Cn1/c(=N\N=c2\oc3ccccc3n2C)oc2ccccc21. The summed E-state index contributed by atoms with van der Waals surface area (Å²) in [6, 6.07) is 15.5. The maximum absolute atomic E-state index is 5.69. The molecule has 0 aliphatic carbocycles. The maximum Gasteiger partial charge on any atom is 0.321 e. The summed E-state index contributed by atoms with van der Waals surface area (Å²) < 4.78 is 15.1. The minimum atomic E-state index is 0.418. The van der Waals surface area contributed by atoms with Gasteiger partial charge in [-0.1, -0.05) is 34.5 Å². The fraction of sp³-hybridized carbons (Fsp3) is 0.125. The third-order valence-electron chi connectivity index (χ3n) is 3.65. The molecule has 0 fully saturated rings. The van der Waals surface area contributed by atoms with Crippen molar-refractivity contribution in [2.75, 3.05) is 0 Å². The summed E-state index contributed by atoms with van der Waals surface area (Å²) in [4.78, 5) is 0. The van der Waals surface area contributed by atoms with Crippen LogP contribution in [-0.2, 0) is 14.1 Å². The van der Waals surface area contributed by atoms with Crippen LogP contribution in [0.2, 0.25) is 0 Å². The molecule has 0 spiro atoms. The second-order valence-corrected chi connectivity index (χ2v) is 5.02. The van der Waals surface area contributed by atoms with Gasteiger partial charge in [0.25, 0.3) is 0 Å². The first-order valence-electron chi connectivity index (χ1n) is 6.91. The Hall–Kier alpha value is -3.02. The molecule has 0 saturated carbocycles. The fourth-order valence-corrected chi connectivity index (χ4v) is 2.44. The Bertz CT molecular complexity index is 1020. The van der Waals surface area contributed by atoms with Gasteiger partial charge in [0.05, 0.1) is 11.0 Å². The summed E-state index contributed by atoms with van der Waals surface area (Å²) in [5, 5.41) is 8.35. The average molecular weight is 294 g/mol. The second-order valence-electron chi connectivity index (χ2n) is 5.02. The molecule has 0 amide bonds. The average Bonchev–Trinajstić information content (AvgIpc) is 3.04. The number of nitrogens with zero attached hydrogens (tertiary/aromatic N) is 4. The van der Waals surface area contributed by atoms with Crippen LogP contribution >= 0.6 is 0 Å². The molecule has 0 saturated heterocycles. The highest BCUT2D eigenvalue weighted by Crippen LogP contribution is 2.11. The van der Waals surface area contributed by atoms with E-state index in [4.69, 9.17) is 8.83 Å². The van der Waals surface area contributed by atoms with Crippen LogP contribution in [0.25, 0.3) is 22.2 Å². The molecule has 4 rings (SSSR count). The van der Waals surface area contributed by atoms with Crippen LogP contribution in [0.3, 0.4) is 0 Å². The van der Waals surface area contributed by atoms with E-state index in [-0.39, 0.29) is 0 Å². The third-order valence-corrected chi connectivity index (χ3v) is 3.65. The number of oxazole rings is 2. The highest BCUT2D eigenvalue weighted by molar-refractivity contribution is 5.72. The maximum atomic E-state index is 5.69. The normalized spacial score (nSPS) is 13.5. The van der Waals surface area contributed by atoms with Crippen LogP contribution in [-0.4, -0.2) is 9.13 Å². The number of hydrogen-bond donors (Lipinski definition) is 0. The Morgan fingerprint density at radius 2 is 1.09 bits per heavy atom. The van der Waals surface area contributed by atoms with E-state index in [1.54, 1.807) is 0 Å². The number of rotatable bonds is 1. The van der Waals surface area contributed by atoms with Gasteiger partial charge in [-0.3, -0.25) is 9.13 Å². The van der Waals surface area contributed by atoms with E-state index < -0.39 is 0 Å². The van der Waals surface area contributed by atoms with Gasteiger partial charge in [0, 0.05) is 14.1 Å². The van der Waals surface area contributed by atoms with Crippen LogP contribution in [0.1, 0.15) is 0 Å². The molecule has 2 aromatic carbocycles. The molecule has 4 aromatic rings. The lowest BCUT2D eigenvalue weighted by molar-refractivity contribution is 0.473. The van der Waals surface area contributed by atoms with Gasteiger partial charge in [-0.2, -0.15) is 0 Å². The molecule has 0 atom stereocenters. The molecule has 6 heteroatoms. The van der Waals surface area contributed by atoms with E-state index in [0.717, 1.165) is 22.2 Å². The first-order valence-corrected chi connectivity index (χ1v) is 6.91. The minimum absolute atomic E-state index is 0.418. The van der Waals surface area contributed by atoms with E-state index in [1.165, 1.54) is 0 Å². The number of aryl methyl sites for hydroxylation is 2. The Morgan fingerprint density at radius 3 is 1.50 bits per heavy atom. The van der Waals surface area contributed by atoms with Gasteiger partial charge in [-0.15, -0.1) is 0 Å². The van der Waals surface area contributed by atoms with Crippen molar-refractivity contribution in [2.24, 2.45) is 24.3 Å². The van der Waals surface area contributed by atoms with Gasteiger partial charge in [0.2, 0.25) is 0 Å². The van der Waals surface area contributed by atoms with Crippen molar-refractivity contribution in [2.45, 2.75) is 0 Å². The quantitative estimate of drug-likeness (QED) is 0.506. The molecule has 0 radical (unpaired) electrons. The predicted octanol–water partition coefficient (Wildman–Crippen LogP) is 2.27.